The number of anilines is 1. The van der Waals surface area contributed by atoms with Gasteiger partial charge >= 0.3 is 5.97 Å². The van der Waals surface area contributed by atoms with Crippen LogP contribution in [0.5, 0.6) is 0 Å². The van der Waals surface area contributed by atoms with Crippen LogP contribution < -0.4 is 4.90 Å². The van der Waals surface area contributed by atoms with Gasteiger partial charge < -0.3 is 10.0 Å². The molecule has 1 aliphatic heterocycles. The minimum atomic E-state index is -0.849. The highest BCUT2D eigenvalue weighted by Gasteiger charge is 2.20. The van der Waals surface area contributed by atoms with E-state index in [2.05, 4.69) is 9.88 Å². The number of hydrogen-bond acceptors (Lipinski definition) is 4. The third-order valence-electron chi connectivity index (χ3n) is 2.84. The van der Waals surface area contributed by atoms with Gasteiger partial charge in [0.25, 0.3) is 0 Å². The first-order valence-corrected chi connectivity index (χ1v) is 6.52. The summed E-state index contributed by atoms with van der Waals surface area (Å²) in [6, 6.07) is 0. The number of aromatic nitrogens is 1. The first-order valence-electron chi connectivity index (χ1n) is 5.70. The summed E-state index contributed by atoms with van der Waals surface area (Å²) in [6.45, 7) is 3.97. The van der Waals surface area contributed by atoms with Gasteiger partial charge in [0.1, 0.15) is 4.88 Å². The molecule has 0 aromatic carbocycles. The van der Waals surface area contributed by atoms with E-state index in [0.717, 1.165) is 23.9 Å². The van der Waals surface area contributed by atoms with Crippen molar-refractivity contribution in [2.75, 3.05) is 18.0 Å². The zero-order valence-electron chi connectivity index (χ0n) is 9.40. The van der Waals surface area contributed by atoms with E-state index in [1.165, 1.54) is 30.6 Å². The summed E-state index contributed by atoms with van der Waals surface area (Å²) in [5, 5.41) is 9.94. The summed E-state index contributed by atoms with van der Waals surface area (Å²) in [6.07, 6.45) is 4.33. The second-order valence-electron chi connectivity index (χ2n) is 3.98. The molecule has 4 nitrogen and oxygen atoms in total. The van der Waals surface area contributed by atoms with Gasteiger partial charge in [0.05, 0.1) is 5.69 Å². The minimum absolute atomic E-state index is 0.406. The number of aryl methyl sites for hydroxylation is 1. The second kappa shape index (κ2) is 4.82. The summed E-state index contributed by atoms with van der Waals surface area (Å²) in [7, 11) is 0. The van der Waals surface area contributed by atoms with Crippen molar-refractivity contribution < 1.29 is 9.90 Å². The zero-order valence-corrected chi connectivity index (χ0v) is 10.2. The molecule has 16 heavy (non-hydrogen) atoms. The Morgan fingerprint density at radius 2 is 2.12 bits per heavy atom. The number of piperidine rings is 1. The van der Waals surface area contributed by atoms with Crippen molar-refractivity contribution in [1.82, 2.24) is 4.98 Å². The quantitative estimate of drug-likeness (QED) is 0.881. The molecule has 1 aliphatic rings. The number of carboxylic acids is 1. The molecular weight excluding hydrogens is 224 g/mol. The van der Waals surface area contributed by atoms with Crippen LogP contribution >= 0.6 is 11.3 Å². The van der Waals surface area contributed by atoms with Crippen molar-refractivity contribution in [2.45, 2.75) is 32.6 Å². The van der Waals surface area contributed by atoms with Gasteiger partial charge in [0, 0.05) is 13.1 Å². The van der Waals surface area contributed by atoms with Crippen LogP contribution in [0, 0.1) is 0 Å². The maximum Gasteiger partial charge on any atom is 0.347 e. The Hall–Kier alpha value is -1.10. The van der Waals surface area contributed by atoms with Gasteiger partial charge in [-0.2, -0.15) is 0 Å². The van der Waals surface area contributed by atoms with Crippen LogP contribution in [0.15, 0.2) is 0 Å². The molecule has 1 saturated heterocycles. The number of nitrogens with zero attached hydrogens (tertiary/aromatic N) is 2. The van der Waals surface area contributed by atoms with E-state index < -0.39 is 5.97 Å². The highest BCUT2D eigenvalue weighted by Crippen LogP contribution is 2.28. The monoisotopic (exact) mass is 240 g/mol. The average Bonchev–Trinajstić information content (AvgIpc) is 2.74. The third kappa shape index (κ3) is 2.19. The number of hydrogen-bond donors (Lipinski definition) is 1. The van der Waals surface area contributed by atoms with Crippen LogP contribution in [0.4, 0.5) is 5.13 Å². The normalized spacial score (nSPS) is 16.4. The van der Waals surface area contributed by atoms with E-state index in [1.54, 1.807) is 0 Å². The lowest BCUT2D eigenvalue weighted by Gasteiger charge is -2.25. The molecule has 88 valence electrons. The molecule has 1 fully saturated rings. The Bertz CT molecular complexity index is 383. The molecule has 0 atom stereocenters. The number of carbonyl (C=O) groups is 1. The molecule has 0 bridgehead atoms. The Labute approximate surface area is 98.9 Å². The minimum Gasteiger partial charge on any atom is -0.477 e. The zero-order chi connectivity index (χ0) is 11.5. The molecule has 1 aromatic heterocycles. The standard InChI is InChI=1S/C11H16N2O2S/c1-2-8-9(10(14)15)16-11(12-8)13-6-4-3-5-7-13/h2-7H2,1H3,(H,14,15). The average molecular weight is 240 g/mol. The van der Waals surface area contributed by atoms with Gasteiger partial charge in [-0.05, 0) is 25.7 Å². The Balaban J connectivity index is 2.24. The second-order valence-corrected chi connectivity index (χ2v) is 4.96. The van der Waals surface area contributed by atoms with Crippen molar-refractivity contribution in [3.8, 4) is 0 Å². The van der Waals surface area contributed by atoms with E-state index in [1.807, 2.05) is 6.92 Å². The predicted molar refractivity (Wildman–Crippen MR) is 64.5 cm³/mol. The smallest absolute Gasteiger partial charge is 0.347 e. The molecule has 1 aromatic rings. The Morgan fingerprint density at radius 1 is 1.44 bits per heavy atom. The number of carboxylic acid groups (broad SMARTS) is 1. The molecule has 2 rings (SSSR count). The van der Waals surface area contributed by atoms with Gasteiger partial charge in [-0.25, -0.2) is 9.78 Å². The SMILES string of the molecule is CCc1nc(N2CCCCC2)sc1C(=O)O. The van der Waals surface area contributed by atoms with Crippen molar-refractivity contribution in [3.05, 3.63) is 10.6 Å². The topological polar surface area (TPSA) is 53.4 Å². The maximum absolute atomic E-state index is 11.0. The number of rotatable bonds is 3. The van der Waals surface area contributed by atoms with Crippen LogP contribution in [0.2, 0.25) is 0 Å². The van der Waals surface area contributed by atoms with Gasteiger partial charge in [-0.3, -0.25) is 0 Å². The fraction of sp³-hybridized carbons (Fsp3) is 0.636. The molecule has 0 unspecified atom stereocenters. The van der Waals surface area contributed by atoms with Crippen LogP contribution in [0.1, 0.15) is 41.6 Å². The maximum atomic E-state index is 11.0. The van der Waals surface area contributed by atoms with Crippen LogP contribution in [-0.4, -0.2) is 29.1 Å². The van der Waals surface area contributed by atoms with E-state index in [4.69, 9.17) is 5.11 Å². The summed E-state index contributed by atoms with van der Waals surface area (Å²) in [5.74, 6) is -0.849. The lowest BCUT2D eigenvalue weighted by molar-refractivity contribution is 0.0701. The van der Waals surface area contributed by atoms with Crippen LogP contribution in [0.25, 0.3) is 0 Å². The predicted octanol–water partition coefficient (Wildman–Crippen LogP) is 2.39. The molecular formula is C11H16N2O2S. The molecule has 0 spiro atoms. The fourth-order valence-electron chi connectivity index (χ4n) is 1.97. The summed E-state index contributed by atoms with van der Waals surface area (Å²) in [4.78, 5) is 18.1. The van der Waals surface area contributed by atoms with Crippen LogP contribution in [-0.2, 0) is 6.42 Å². The highest BCUT2D eigenvalue weighted by molar-refractivity contribution is 7.17. The summed E-state index contributed by atoms with van der Waals surface area (Å²) in [5.41, 5.74) is 0.720. The highest BCUT2D eigenvalue weighted by atomic mass is 32.1. The van der Waals surface area contributed by atoms with Gasteiger partial charge in [0.15, 0.2) is 5.13 Å². The van der Waals surface area contributed by atoms with E-state index >= 15 is 0 Å². The molecule has 1 N–H and O–H groups in total. The largest absolute Gasteiger partial charge is 0.477 e. The molecule has 2 heterocycles. The van der Waals surface area contributed by atoms with Crippen molar-refractivity contribution in [2.24, 2.45) is 0 Å². The Morgan fingerprint density at radius 3 is 2.62 bits per heavy atom. The molecule has 0 saturated carbocycles. The number of aromatic carboxylic acids is 1. The van der Waals surface area contributed by atoms with Gasteiger partial charge in [0.2, 0.25) is 0 Å². The van der Waals surface area contributed by atoms with Gasteiger partial charge in [-0.1, -0.05) is 18.3 Å². The molecule has 0 radical (unpaired) electrons. The Kier molecular flexibility index (Phi) is 3.43. The fourth-order valence-corrected chi connectivity index (χ4v) is 3.01. The number of thiazole rings is 1. The molecule has 0 aliphatic carbocycles. The first-order chi connectivity index (χ1) is 7.72. The molecule has 5 heteroatoms. The van der Waals surface area contributed by atoms with E-state index in [0.29, 0.717) is 11.3 Å². The van der Waals surface area contributed by atoms with Crippen LogP contribution in [0.3, 0.4) is 0 Å². The van der Waals surface area contributed by atoms with Crippen molar-refractivity contribution in [1.29, 1.82) is 0 Å². The third-order valence-corrected chi connectivity index (χ3v) is 3.99. The molecule has 0 amide bonds. The lowest BCUT2D eigenvalue weighted by Crippen LogP contribution is -2.29. The van der Waals surface area contributed by atoms with Gasteiger partial charge in [-0.15, -0.1) is 0 Å². The van der Waals surface area contributed by atoms with Crippen molar-refractivity contribution >= 4 is 22.4 Å². The first kappa shape index (κ1) is 11.4. The summed E-state index contributed by atoms with van der Waals surface area (Å²) >= 11 is 1.31. The van der Waals surface area contributed by atoms with Crippen molar-refractivity contribution in [3.63, 3.8) is 0 Å². The van der Waals surface area contributed by atoms with E-state index in [-0.39, 0.29) is 0 Å². The lowest BCUT2D eigenvalue weighted by atomic mass is 10.1. The van der Waals surface area contributed by atoms with E-state index in [9.17, 15) is 4.79 Å². The summed E-state index contributed by atoms with van der Waals surface area (Å²) < 4.78 is 0.